The van der Waals surface area contributed by atoms with Crippen molar-refractivity contribution in [1.29, 1.82) is 0 Å². The van der Waals surface area contributed by atoms with Gasteiger partial charge in [-0.05, 0) is 44.4 Å². The molecule has 0 heterocycles. The first-order valence-electron chi connectivity index (χ1n) is 7.10. The van der Waals surface area contributed by atoms with E-state index in [-0.39, 0.29) is 17.4 Å². The second-order valence-electron chi connectivity index (χ2n) is 5.74. The van der Waals surface area contributed by atoms with Gasteiger partial charge >= 0.3 is 0 Å². The van der Waals surface area contributed by atoms with Crippen LogP contribution in [0.3, 0.4) is 0 Å². The summed E-state index contributed by atoms with van der Waals surface area (Å²) < 4.78 is 5.55. The number of benzene rings is 1. The van der Waals surface area contributed by atoms with Gasteiger partial charge in [0.15, 0.2) is 0 Å². The van der Waals surface area contributed by atoms with Crippen LogP contribution in [0.25, 0.3) is 0 Å². The van der Waals surface area contributed by atoms with Crippen LogP contribution in [-0.2, 0) is 9.53 Å². The Bertz CT molecular complexity index is 427. The van der Waals surface area contributed by atoms with Gasteiger partial charge in [-0.15, -0.1) is 0 Å². The third kappa shape index (κ3) is 5.61. The van der Waals surface area contributed by atoms with E-state index in [1.807, 2.05) is 52.0 Å². The summed E-state index contributed by atoms with van der Waals surface area (Å²) >= 11 is 0. The molecule has 1 aromatic rings. The molecule has 3 N–H and O–H groups in total. The Morgan fingerprint density at radius 3 is 2.50 bits per heavy atom. The highest BCUT2D eigenvalue weighted by atomic mass is 16.5. The molecule has 1 atom stereocenters. The summed E-state index contributed by atoms with van der Waals surface area (Å²) in [5.74, 6) is 0.216. The van der Waals surface area contributed by atoms with Crippen molar-refractivity contribution in [2.75, 3.05) is 18.9 Å². The van der Waals surface area contributed by atoms with Crippen LogP contribution in [0.2, 0.25) is 0 Å². The largest absolute Gasteiger partial charge is 0.399 e. The Kier molecular flexibility index (Phi) is 6.02. The fourth-order valence-electron chi connectivity index (χ4n) is 2.05. The quantitative estimate of drug-likeness (QED) is 0.754. The van der Waals surface area contributed by atoms with Gasteiger partial charge in [0.2, 0.25) is 5.91 Å². The number of nitrogens with two attached hydrogens (primary N) is 1. The monoisotopic (exact) mass is 278 g/mol. The number of amides is 1. The van der Waals surface area contributed by atoms with Crippen molar-refractivity contribution in [3.05, 3.63) is 29.8 Å². The summed E-state index contributed by atoms with van der Waals surface area (Å²) in [5.41, 5.74) is 7.20. The van der Waals surface area contributed by atoms with Crippen molar-refractivity contribution in [2.24, 2.45) is 0 Å². The fourth-order valence-corrected chi connectivity index (χ4v) is 2.05. The number of carbonyl (C=O) groups excluding carboxylic acids is 1. The van der Waals surface area contributed by atoms with Crippen LogP contribution in [0, 0.1) is 0 Å². The van der Waals surface area contributed by atoms with E-state index in [2.05, 4.69) is 5.32 Å². The molecule has 0 aliphatic carbocycles. The summed E-state index contributed by atoms with van der Waals surface area (Å²) in [6.07, 6.45) is 0.464. The number of nitrogens with one attached hydrogen (secondary N) is 1. The van der Waals surface area contributed by atoms with E-state index >= 15 is 0 Å². The molecule has 1 unspecified atom stereocenters. The maximum atomic E-state index is 12.0. The van der Waals surface area contributed by atoms with E-state index in [4.69, 9.17) is 10.5 Å². The van der Waals surface area contributed by atoms with Gasteiger partial charge in [0.25, 0.3) is 0 Å². The highest BCUT2D eigenvalue weighted by Gasteiger charge is 2.19. The third-order valence-electron chi connectivity index (χ3n) is 3.24. The van der Waals surface area contributed by atoms with E-state index in [0.717, 1.165) is 11.3 Å². The Labute approximate surface area is 121 Å². The van der Waals surface area contributed by atoms with Crippen LogP contribution in [0.4, 0.5) is 5.69 Å². The second-order valence-corrected chi connectivity index (χ2v) is 5.74. The summed E-state index contributed by atoms with van der Waals surface area (Å²) in [7, 11) is 0. The first kappa shape index (κ1) is 16.5. The van der Waals surface area contributed by atoms with Crippen molar-refractivity contribution in [3.8, 4) is 0 Å². The first-order valence-corrected chi connectivity index (χ1v) is 7.10. The lowest BCUT2D eigenvalue weighted by Crippen LogP contribution is -2.40. The van der Waals surface area contributed by atoms with Gasteiger partial charge in [0.1, 0.15) is 0 Å². The molecule has 0 bridgehead atoms. The lowest BCUT2D eigenvalue weighted by molar-refractivity contribution is -0.123. The zero-order valence-corrected chi connectivity index (χ0v) is 12.9. The number of carbonyl (C=O) groups is 1. The zero-order chi connectivity index (χ0) is 15.2. The molecule has 0 saturated carbocycles. The average molecular weight is 278 g/mol. The minimum Gasteiger partial charge on any atom is -0.399 e. The molecule has 1 aromatic carbocycles. The van der Waals surface area contributed by atoms with Crippen LogP contribution < -0.4 is 11.1 Å². The van der Waals surface area contributed by atoms with Crippen LogP contribution in [-0.4, -0.2) is 24.7 Å². The van der Waals surface area contributed by atoms with Crippen LogP contribution >= 0.6 is 0 Å². The number of hydrogen-bond acceptors (Lipinski definition) is 3. The number of hydrogen-bond donors (Lipinski definition) is 2. The summed E-state index contributed by atoms with van der Waals surface area (Å²) in [6.45, 7) is 9.10. The molecule has 0 aromatic heterocycles. The van der Waals surface area contributed by atoms with Gasteiger partial charge in [-0.25, -0.2) is 0 Å². The normalized spacial score (nSPS) is 13.0. The van der Waals surface area contributed by atoms with E-state index in [9.17, 15) is 4.79 Å². The molecule has 20 heavy (non-hydrogen) atoms. The molecule has 0 radical (unpaired) electrons. The van der Waals surface area contributed by atoms with Crippen molar-refractivity contribution < 1.29 is 9.53 Å². The van der Waals surface area contributed by atoms with E-state index < -0.39 is 0 Å². The van der Waals surface area contributed by atoms with E-state index in [1.165, 1.54) is 0 Å². The molecular formula is C16H26N2O2. The minimum absolute atomic E-state index is 0.0436. The Morgan fingerprint density at radius 1 is 1.35 bits per heavy atom. The van der Waals surface area contributed by atoms with Gasteiger partial charge in [-0.2, -0.15) is 0 Å². The molecule has 0 spiro atoms. The number of nitrogen functional groups attached to an aromatic ring is 1. The summed E-state index contributed by atoms with van der Waals surface area (Å²) in [4.78, 5) is 12.0. The van der Waals surface area contributed by atoms with Crippen molar-refractivity contribution in [3.63, 3.8) is 0 Å². The molecule has 1 rings (SSSR count). The molecular weight excluding hydrogens is 252 g/mol. The number of rotatable bonds is 7. The highest BCUT2D eigenvalue weighted by Crippen LogP contribution is 2.20. The molecule has 4 nitrogen and oxygen atoms in total. The fraction of sp³-hybridized carbons (Fsp3) is 0.562. The molecule has 0 fully saturated rings. The Hall–Kier alpha value is -1.55. The summed E-state index contributed by atoms with van der Waals surface area (Å²) in [6, 6.07) is 7.67. The second kappa shape index (κ2) is 7.29. The van der Waals surface area contributed by atoms with Crippen molar-refractivity contribution in [1.82, 2.24) is 5.32 Å². The molecule has 0 aliphatic rings. The van der Waals surface area contributed by atoms with Gasteiger partial charge < -0.3 is 15.8 Å². The molecule has 0 saturated heterocycles. The molecule has 112 valence electrons. The average Bonchev–Trinajstić information content (AvgIpc) is 2.37. The summed E-state index contributed by atoms with van der Waals surface area (Å²) in [5, 5.41) is 2.93. The minimum atomic E-state index is -0.325. The lowest BCUT2D eigenvalue weighted by atomic mass is 9.97. The first-order chi connectivity index (χ1) is 9.34. The Balaban J connectivity index is 2.44. The molecule has 1 amide bonds. The van der Waals surface area contributed by atoms with Crippen LogP contribution in [0.15, 0.2) is 24.3 Å². The third-order valence-corrected chi connectivity index (χ3v) is 3.24. The maximum Gasteiger partial charge on any atom is 0.220 e. The van der Waals surface area contributed by atoms with E-state index in [1.54, 1.807) is 0 Å². The smallest absolute Gasteiger partial charge is 0.220 e. The predicted molar refractivity (Wildman–Crippen MR) is 82.6 cm³/mol. The van der Waals surface area contributed by atoms with Gasteiger partial charge in [0.05, 0.1) is 5.60 Å². The predicted octanol–water partition coefficient (Wildman–Crippen LogP) is 2.69. The SMILES string of the molecule is CCOC(C)(C)CNC(=O)CC(C)c1ccc(N)cc1. The van der Waals surface area contributed by atoms with Crippen LogP contribution in [0.5, 0.6) is 0 Å². The number of ether oxygens (including phenoxy) is 1. The highest BCUT2D eigenvalue weighted by molar-refractivity contribution is 5.76. The topological polar surface area (TPSA) is 64.3 Å². The van der Waals surface area contributed by atoms with Crippen LogP contribution in [0.1, 0.15) is 45.6 Å². The number of anilines is 1. The maximum absolute atomic E-state index is 12.0. The van der Waals surface area contributed by atoms with Crippen molar-refractivity contribution >= 4 is 11.6 Å². The molecule has 4 heteroatoms. The van der Waals surface area contributed by atoms with E-state index in [0.29, 0.717) is 19.6 Å². The zero-order valence-electron chi connectivity index (χ0n) is 12.9. The standard InChI is InChI=1S/C16H26N2O2/c1-5-20-16(3,4)11-18-15(19)10-12(2)13-6-8-14(17)9-7-13/h6-9,12H,5,10-11,17H2,1-4H3,(H,18,19). The van der Waals surface area contributed by atoms with Gasteiger partial charge in [-0.1, -0.05) is 19.1 Å². The van der Waals surface area contributed by atoms with Crippen molar-refractivity contribution in [2.45, 2.75) is 45.6 Å². The lowest BCUT2D eigenvalue weighted by Gasteiger charge is -2.25. The van der Waals surface area contributed by atoms with Gasteiger partial charge in [-0.3, -0.25) is 4.79 Å². The van der Waals surface area contributed by atoms with Gasteiger partial charge in [0, 0.05) is 25.3 Å². The Morgan fingerprint density at radius 2 is 1.95 bits per heavy atom. The molecule has 0 aliphatic heterocycles.